The Morgan fingerprint density at radius 1 is 1.22 bits per heavy atom. The highest BCUT2D eigenvalue weighted by Crippen LogP contribution is 2.29. The molecule has 1 aromatic rings. The van der Waals surface area contributed by atoms with Gasteiger partial charge in [0.2, 0.25) is 0 Å². The molecule has 0 aliphatic heterocycles. The molecule has 7 heteroatoms. The Morgan fingerprint density at radius 3 is 2.22 bits per heavy atom. The predicted octanol–water partition coefficient (Wildman–Crippen LogP) is 3.49. The molecule has 0 saturated heterocycles. The van der Waals surface area contributed by atoms with Gasteiger partial charge in [-0.25, -0.2) is 4.79 Å². The second-order valence-corrected chi connectivity index (χ2v) is 6.31. The van der Waals surface area contributed by atoms with E-state index in [-0.39, 0.29) is 12.6 Å². The van der Waals surface area contributed by atoms with Crippen molar-refractivity contribution < 1.29 is 22.7 Å². The first-order valence-corrected chi connectivity index (χ1v) is 7.37. The minimum atomic E-state index is -4.34. The summed E-state index contributed by atoms with van der Waals surface area (Å²) in [6.07, 6.45) is -3.87. The average molecular weight is 332 g/mol. The number of rotatable bonds is 5. The first kappa shape index (κ1) is 19.3. The Morgan fingerprint density at radius 2 is 1.78 bits per heavy atom. The summed E-state index contributed by atoms with van der Waals surface area (Å²) in [5, 5.41) is 2.66. The van der Waals surface area contributed by atoms with Crippen molar-refractivity contribution in [2.24, 2.45) is 5.73 Å². The topological polar surface area (TPSA) is 64.3 Å². The van der Waals surface area contributed by atoms with Crippen LogP contribution in [0.3, 0.4) is 0 Å². The van der Waals surface area contributed by atoms with Crippen LogP contribution in [-0.2, 0) is 17.3 Å². The standard InChI is InChI=1S/C16H23F3N2O2/c1-15(2,3)23-14(22)21-13(10-20)9-6-11-4-7-12(8-5-11)16(17,18)19/h4-5,7-8,13H,6,9-10,20H2,1-3H3,(H,21,22)/t13-/m1/s1. The maximum atomic E-state index is 12.5. The molecule has 0 aliphatic carbocycles. The van der Waals surface area contributed by atoms with Crippen LogP contribution >= 0.6 is 0 Å². The van der Waals surface area contributed by atoms with E-state index in [1.807, 2.05) is 0 Å². The molecule has 4 nitrogen and oxygen atoms in total. The molecule has 23 heavy (non-hydrogen) atoms. The number of hydrogen-bond donors (Lipinski definition) is 2. The van der Waals surface area contributed by atoms with Crippen LogP contribution in [0, 0.1) is 0 Å². The molecule has 0 aliphatic rings. The van der Waals surface area contributed by atoms with Gasteiger partial charge in [-0.1, -0.05) is 12.1 Å². The summed E-state index contributed by atoms with van der Waals surface area (Å²) in [6.45, 7) is 5.49. The van der Waals surface area contributed by atoms with Crippen LogP contribution in [0.15, 0.2) is 24.3 Å². The zero-order chi connectivity index (χ0) is 17.7. The largest absolute Gasteiger partial charge is 0.444 e. The van der Waals surface area contributed by atoms with Crippen LogP contribution in [0.25, 0.3) is 0 Å². The highest BCUT2D eigenvalue weighted by molar-refractivity contribution is 5.68. The Kier molecular flexibility index (Phi) is 6.44. The first-order chi connectivity index (χ1) is 10.5. The molecule has 3 N–H and O–H groups in total. The van der Waals surface area contributed by atoms with Gasteiger partial charge in [-0.3, -0.25) is 0 Å². The van der Waals surface area contributed by atoms with E-state index in [0.717, 1.165) is 17.7 Å². The Labute approximate surface area is 134 Å². The fraction of sp³-hybridized carbons (Fsp3) is 0.562. The van der Waals surface area contributed by atoms with Gasteiger partial charge in [0.05, 0.1) is 5.56 Å². The van der Waals surface area contributed by atoms with E-state index in [9.17, 15) is 18.0 Å². The number of halogens is 3. The van der Waals surface area contributed by atoms with Crippen molar-refractivity contribution in [3.63, 3.8) is 0 Å². The number of ether oxygens (including phenoxy) is 1. The summed E-state index contributed by atoms with van der Waals surface area (Å²) in [5.41, 5.74) is 5.09. The van der Waals surface area contributed by atoms with Gasteiger partial charge in [-0.05, 0) is 51.3 Å². The molecular weight excluding hydrogens is 309 g/mol. The second-order valence-electron chi connectivity index (χ2n) is 6.31. The molecule has 0 unspecified atom stereocenters. The van der Waals surface area contributed by atoms with Gasteiger partial charge < -0.3 is 15.8 Å². The van der Waals surface area contributed by atoms with E-state index in [2.05, 4.69) is 5.32 Å². The maximum Gasteiger partial charge on any atom is 0.416 e. The number of nitrogens with one attached hydrogen (secondary N) is 1. The van der Waals surface area contributed by atoms with Crippen LogP contribution in [0.1, 0.15) is 38.3 Å². The van der Waals surface area contributed by atoms with Crippen molar-refractivity contribution in [1.29, 1.82) is 0 Å². The average Bonchev–Trinajstić information content (AvgIpc) is 2.41. The monoisotopic (exact) mass is 332 g/mol. The molecule has 0 fully saturated rings. The molecular formula is C16H23F3N2O2. The maximum absolute atomic E-state index is 12.5. The molecule has 1 amide bonds. The number of alkyl halides is 3. The zero-order valence-electron chi connectivity index (χ0n) is 13.5. The van der Waals surface area contributed by atoms with E-state index in [1.165, 1.54) is 12.1 Å². The summed E-state index contributed by atoms with van der Waals surface area (Å²) >= 11 is 0. The first-order valence-electron chi connectivity index (χ1n) is 7.37. The number of alkyl carbamates (subject to hydrolysis) is 1. The highest BCUT2D eigenvalue weighted by atomic mass is 19.4. The third kappa shape index (κ3) is 7.36. The van der Waals surface area contributed by atoms with E-state index in [4.69, 9.17) is 10.5 Å². The summed E-state index contributed by atoms with van der Waals surface area (Å²) < 4.78 is 42.6. The van der Waals surface area contributed by atoms with E-state index in [1.54, 1.807) is 20.8 Å². The van der Waals surface area contributed by atoms with Crippen molar-refractivity contribution in [2.75, 3.05) is 6.54 Å². The molecule has 0 radical (unpaired) electrons. The number of benzene rings is 1. The van der Waals surface area contributed by atoms with Crippen LogP contribution in [0.4, 0.5) is 18.0 Å². The van der Waals surface area contributed by atoms with Gasteiger partial charge in [0, 0.05) is 12.6 Å². The molecule has 0 heterocycles. The summed E-state index contributed by atoms with van der Waals surface area (Å²) in [7, 11) is 0. The minimum Gasteiger partial charge on any atom is -0.444 e. The molecule has 130 valence electrons. The molecule has 0 saturated carbocycles. The number of aryl methyl sites for hydroxylation is 1. The molecule has 0 bridgehead atoms. The summed E-state index contributed by atoms with van der Waals surface area (Å²) in [6, 6.07) is 4.67. The van der Waals surface area contributed by atoms with Gasteiger partial charge in [-0.15, -0.1) is 0 Å². The highest BCUT2D eigenvalue weighted by Gasteiger charge is 2.29. The van der Waals surface area contributed by atoms with Gasteiger partial charge in [0.1, 0.15) is 5.60 Å². The summed E-state index contributed by atoms with van der Waals surface area (Å²) in [4.78, 5) is 11.7. The molecule has 0 spiro atoms. The van der Waals surface area contributed by atoms with Crippen LogP contribution in [0.2, 0.25) is 0 Å². The van der Waals surface area contributed by atoms with Gasteiger partial charge in [-0.2, -0.15) is 13.2 Å². The lowest BCUT2D eigenvalue weighted by Crippen LogP contribution is -2.43. The minimum absolute atomic E-state index is 0.222. The SMILES string of the molecule is CC(C)(C)OC(=O)N[C@@H](CN)CCc1ccc(C(F)(F)F)cc1. The lowest BCUT2D eigenvalue weighted by atomic mass is 10.0. The van der Waals surface area contributed by atoms with Crippen molar-refractivity contribution in [1.82, 2.24) is 5.32 Å². The van der Waals surface area contributed by atoms with Crippen molar-refractivity contribution in [3.05, 3.63) is 35.4 Å². The number of amides is 1. The van der Waals surface area contributed by atoms with Crippen molar-refractivity contribution in [3.8, 4) is 0 Å². The van der Waals surface area contributed by atoms with Crippen molar-refractivity contribution >= 4 is 6.09 Å². The predicted molar refractivity (Wildman–Crippen MR) is 82.0 cm³/mol. The smallest absolute Gasteiger partial charge is 0.416 e. The number of carbonyl (C=O) groups is 1. The fourth-order valence-corrected chi connectivity index (χ4v) is 1.92. The van der Waals surface area contributed by atoms with Gasteiger partial charge in [0.25, 0.3) is 0 Å². The van der Waals surface area contributed by atoms with Gasteiger partial charge in [0.15, 0.2) is 0 Å². The van der Waals surface area contributed by atoms with E-state index >= 15 is 0 Å². The number of hydrogen-bond acceptors (Lipinski definition) is 3. The normalized spacial score (nSPS) is 13.5. The second kappa shape index (κ2) is 7.68. The Hall–Kier alpha value is -1.76. The van der Waals surface area contributed by atoms with Gasteiger partial charge >= 0.3 is 12.3 Å². The van der Waals surface area contributed by atoms with E-state index < -0.39 is 23.4 Å². The molecule has 1 rings (SSSR count). The quantitative estimate of drug-likeness (QED) is 0.867. The Bertz CT molecular complexity index is 508. The third-order valence-corrected chi connectivity index (χ3v) is 3.07. The van der Waals surface area contributed by atoms with Crippen LogP contribution in [-0.4, -0.2) is 24.3 Å². The number of carbonyl (C=O) groups excluding carboxylic acids is 1. The zero-order valence-corrected chi connectivity index (χ0v) is 13.5. The molecule has 1 atom stereocenters. The van der Waals surface area contributed by atoms with Crippen LogP contribution < -0.4 is 11.1 Å². The Balaban J connectivity index is 2.53. The lowest BCUT2D eigenvalue weighted by Gasteiger charge is -2.23. The number of nitrogens with two attached hydrogens (primary N) is 1. The van der Waals surface area contributed by atoms with Crippen LogP contribution in [0.5, 0.6) is 0 Å². The lowest BCUT2D eigenvalue weighted by molar-refractivity contribution is -0.137. The molecule has 1 aromatic carbocycles. The fourth-order valence-electron chi connectivity index (χ4n) is 1.92. The third-order valence-electron chi connectivity index (χ3n) is 3.07. The molecule has 0 aromatic heterocycles. The summed E-state index contributed by atoms with van der Waals surface area (Å²) in [5.74, 6) is 0. The van der Waals surface area contributed by atoms with E-state index in [0.29, 0.717) is 12.8 Å². The van der Waals surface area contributed by atoms with Crippen molar-refractivity contribution in [2.45, 2.75) is 51.4 Å².